The van der Waals surface area contributed by atoms with Crippen LogP contribution in [0.25, 0.3) is 38.8 Å². The fourth-order valence-corrected chi connectivity index (χ4v) is 10.0. The van der Waals surface area contributed by atoms with Crippen LogP contribution in [0, 0.1) is 0 Å². The molecule has 1 aliphatic carbocycles. The molecule has 1 aliphatic heterocycles. The predicted octanol–water partition coefficient (Wildman–Crippen LogP) is 14.0. The zero-order chi connectivity index (χ0) is 41.9. The summed E-state index contributed by atoms with van der Waals surface area (Å²) >= 11 is 0. The maximum atomic E-state index is 5.06. The summed E-state index contributed by atoms with van der Waals surface area (Å²) in [6, 6.07) is 53.3. The van der Waals surface area contributed by atoms with Crippen LogP contribution in [-0.4, -0.2) is 23.3 Å². The number of aromatic nitrogens is 2. The summed E-state index contributed by atoms with van der Waals surface area (Å²) in [6.45, 7) is 21.6. The first kappa shape index (κ1) is 38.1. The molecule has 60 heavy (non-hydrogen) atoms. The van der Waals surface area contributed by atoms with Crippen molar-refractivity contribution in [2.75, 3.05) is 23.5 Å². The Balaban J connectivity index is 1.30. The van der Waals surface area contributed by atoms with Crippen LogP contribution in [0.15, 0.2) is 146 Å². The summed E-state index contributed by atoms with van der Waals surface area (Å²) in [4.78, 5) is 9.99. The van der Waals surface area contributed by atoms with Gasteiger partial charge < -0.3 is 9.80 Å². The lowest BCUT2D eigenvalue weighted by molar-refractivity contribution is 0.587. The van der Waals surface area contributed by atoms with Crippen molar-refractivity contribution in [3.8, 4) is 16.9 Å². The molecule has 0 N–H and O–H groups in total. The van der Waals surface area contributed by atoms with Gasteiger partial charge in [0.15, 0.2) is 0 Å². The highest BCUT2D eigenvalue weighted by atomic mass is 15.4. The van der Waals surface area contributed by atoms with Gasteiger partial charge >= 0.3 is 0 Å². The molecule has 0 fully saturated rings. The molecule has 300 valence electrons. The van der Waals surface area contributed by atoms with Crippen molar-refractivity contribution in [1.82, 2.24) is 9.55 Å². The van der Waals surface area contributed by atoms with Gasteiger partial charge in [-0.1, -0.05) is 153 Å². The maximum absolute atomic E-state index is 5.06. The topological polar surface area (TPSA) is 24.3 Å². The van der Waals surface area contributed by atoms with Crippen LogP contribution in [0.4, 0.5) is 17.1 Å². The van der Waals surface area contributed by atoms with Gasteiger partial charge in [0.05, 0.1) is 34.5 Å². The van der Waals surface area contributed by atoms with Crippen LogP contribution in [-0.2, 0) is 21.7 Å². The molecule has 0 radical (unpaired) electrons. The van der Waals surface area contributed by atoms with E-state index in [-0.39, 0.29) is 16.2 Å². The van der Waals surface area contributed by atoms with Gasteiger partial charge in [-0.05, 0) is 115 Å². The average molecular weight is 785 g/mol. The Bertz CT molecular complexity index is 2950. The smallest absolute Gasteiger partial charge is 0.137 e. The predicted molar refractivity (Wildman–Crippen MR) is 254 cm³/mol. The minimum atomic E-state index is -0.610. The van der Waals surface area contributed by atoms with Gasteiger partial charge in [0, 0.05) is 29.7 Å². The zero-order valence-corrected chi connectivity index (χ0v) is 36.9. The van der Waals surface area contributed by atoms with E-state index in [1.807, 2.05) is 6.20 Å². The van der Waals surface area contributed by atoms with Gasteiger partial charge in [-0.25, -0.2) is 4.98 Å². The van der Waals surface area contributed by atoms with E-state index in [0.717, 1.165) is 23.5 Å². The number of hydrogen-bond donors (Lipinski definition) is 0. The van der Waals surface area contributed by atoms with E-state index in [9.17, 15) is 0 Å². The van der Waals surface area contributed by atoms with Crippen LogP contribution in [0.5, 0.6) is 0 Å². The van der Waals surface area contributed by atoms with Gasteiger partial charge in [0.25, 0.3) is 0 Å². The monoisotopic (exact) mass is 784 g/mol. The van der Waals surface area contributed by atoms with Crippen LogP contribution >= 0.6 is 0 Å². The summed E-state index contributed by atoms with van der Waals surface area (Å²) in [5.74, 6) is 0.940. The number of hydrogen-bond acceptors (Lipinski definition) is 3. The average Bonchev–Trinajstić information content (AvgIpc) is 3.85. The number of para-hydroxylation sites is 1. The van der Waals surface area contributed by atoms with Crippen molar-refractivity contribution in [2.24, 2.45) is 0 Å². The minimum absolute atomic E-state index is 0.0162. The molecule has 10 rings (SSSR count). The molecular weight excluding hydrogens is 729 g/mol. The third kappa shape index (κ3) is 5.74. The Morgan fingerprint density at radius 3 is 1.80 bits per heavy atom. The van der Waals surface area contributed by atoms with E-state index in [2.05, 4.69) is 223 Å². The molecule has 0 atom stereocenters. The number of pyridine rings is 1. The molecule has 3 heterocycles. The van der Waals surface area contributed by atoms with Gasteiger partial charge in [-0.15, -0.1) is 0 Å². The second-order valence-corrected chi connectivity index (χ2v) is 20.3. The van der Waals surface area contributed by atoms with Crippen molar-refractivity contribution in [2.45, 2.75) is 84.0 Å². The maximum Gasteiger partial charge on any atom is 0.137 e. The van der Waals surface area contributed by atoms with Crippen molar-refractivity contribution in [1.29, 1.82) is 0 Å². The highest BCUT2D eigenvalue weighted by molar-refractivity contribution is 6.09. The third-order valence-corrected chi connectivity index (χ3v) is 13.3. The molecule has 0 saturated carbocycles. The normalized spacial score (nSPS) is 14.8. The zero-order valence-electron chi connectivity index (χ0n) is 36.9. The van der Waals surface area contributed by atoms with Crippen LogP contribution in [0.3, 0.4) is 0 Å². The van der Waals surface area contributed by atoms with Crippen molar-refractivity contribution in [3.63, 3.8) is 0 Å². The first-order valence-electron chi connectivity index (χ1n) is 21.5. The van der Waals surface area contributed by atoms with Gasteiger partial charge in [-0.2, -0.15) is 0 Å². The molecule has 0 saturated heterocycles. The van der Waals surface area contributed by atoms with E-state index < -0.39 is 5.41 Å². The summed E-state index contributed by atoms with van der Waals surface area (Å²) in [5, 5.41) is 2.45. The first-order valence-corrected chi connectivity index (χ1v) is 21.5. The van der Waals surface area contributed by atoms with Crippen LogP contribution < -0.4 is 9.80 Å². The molecule has 0 spiro atoms. The van der Waals surface area contributed by atoms with Gasteiger partial charge in [-0.3, -0.25) is 4.57 Å². The molecule has 4 nitrogen and oxygen atoms in total. The first-order chi connectivity index (χ1) is 28.5. The second kappa shape index (κ2) is 13.2. The molecular formula is C56H56N4. The highest BCUT2D eigenvalue weighted by Gasteiger charge is 2.47. The lowest BCUT2D eigenvalue weighted by Gasteiger charge is -2.36. The lowest BCUT2D eigenvalue weighted by atomic mass is 9.66. The van der Waals surface area contributed by atoms with Crippen LogP contribution in [0.1, 0.15) is 101 Å². The van der Waals surface area contributed by atoms with E-state index >= 15 is 0 Å². The molecule has 2 aliphatic rings. The Morgan fingerprint density at radius 2 is 1.12 bits per heavy atom. The number of benzene rings is 6. The van der Waals surface area contributed by atoms with Crippen molar-refractivity contribution < 1.29 is 0 Å². The molecule has 2 aromatic heterocycles. The summed E-state index contributed by atoms with van der Waals surface area (Å²) in [6.07, 6.45) is 1.98. The Kier molecular flexibility index (Phi) is 8.37. The number of fused-ring (bicyclic) bond motifs is 7. The standard InChI is InChI=1S/C56H56N4/c1-53(2,3)36-24-26-49-51(32-36)59(35-58(49)10)41-30-39(55(7,8)9)29-40(31-41)56(46-20-14-11-17-42(46)43-18-12-15-21-47(43)56)38-23-25-45-44-19-13-16-22-48(44)60(50(45)33-38)52-34-37(27-28-57-52)54(4,5)6/h11-34H,35H2,1-10H3. The fourth-order valence-electron chi connectivity index (χ4n) is 10.0. The molecule has 4 heteroatoms. The van der Waals surface area contributed by atoms with Gasteiger partial charge in [0.1, 0.15) is 5.82 Å². The second-order valence-electron chi connectivity index (χ2n) is 20.3. The van der Waals surface area contributed by atoms with Crippen LogP contribution in [0.2, 0.25) is 0 Å². The molecule has 6 aromatic carbocycles. The number of rotatable bonds is 4. The largest absolute Gasteiger partial charge is 0.355 e. The fraction of sp³-hybridized carbons (Fsp3) is 0.268. The minimum Gasteiger partial charge on any atom is -0.355 e. The Morgan fingerprint density at radius 1 is 0.500 bits per heavy atom. The SMILES string of the molecule is CN1CN(c2cc(C(C)(C)C)cc(C3(c4ccc5c6ccccc6n(-c6cc(C(C)(C)C)ccn6)c5c4)c4ccccc4-c4ccccc43)c2)c2cc(C(C)(C)C)ccc21. The Hall–Kier alpha value is -6.13. The van der Waals surface area contributed by atoms with E-state index in [4.69, 9.17) is 4.98 Å². The van der Waals surface area contributed by atoms with Crippen molar-refractivity contribution in [3.05, 3.63) is 185 Å². The summed E-state index contributed by atoms with van der Waals surface area (Å²) in [5.41, 5.74) is 17.0. The van der Waals surface area contributed by atoms with E-state index in [0.29, 0.717) is 0 Å². The number of nitrogens with zero attached hydrogens (tertiary/aromatic N) is 4. The highest BCUT2D eigenvalue weighted by Crippen LogP contribution is 2.58. The quantitative estimate of drug-likeness (QED) is 0.178. The van der Waals surface area contributed by atoms with Crippen molar-refractivity contribution >= 4 is 38.9 Å². The molecule has 8 aromatic rings. The Labute approximate surface area is 356 Å². The summed E-state index contributed by atoms with van der Waals surface area (Å²) < 4.78 is 2.39. The molecule has 0 unspecified atom stereocenters. The van der Waals surface area contributed by atoms with E-state index in [1.54, 1.807) is 0 Å². The van der Waals surface area contributed by atoms with E-state index in [1.165, 1.54) is 77.9 Å². The molecule has 0 amide bonds. The third-order valence-electron chi connectivity index (χ3n) is 13.3. The molecule has 0 bridgehead atoms. The summed E-state index contributed by atoms with van der Waals surface area (Å²) in [7, 11) is 2.22. The number of anilines is 3. The lowest BCUT2D eigenvalue weighted by Crippen LogP contribution is -2.30. The van der Waals surface area contributed by atoms with Gasteiger partial charge in [0.2, 0.25) is 0 Å².